The van der Waals surface area contributed by atoms with E-state index in [1.807, 2.05) is 31.2 Å². The molecule has 0 unspecified atom stereocenters. The maximum absolute atomic E-state index is 11.6. The Kier molecular flexibility index (Phi) is 3.54. The van der Waals surface area contributed by atoms with Crippen molar-refractivity contribution < 1.29 is 8.42 Å². The smallest absolute Gasteiger partial charge is 0.211 e. The van der Waals surface area contributed by atoms with Crippen LogP contribution in [0.4, 0.5) is 5.82 Å². The Morgan fingerprint density at radius 1 is 1.00 bits per heavy atom. The zero-order chi connectivity index (χ0) is 15.0. The van der Waals surface area contributed by atoms with Gasteiger partial charge in [0.25, 0.3) is 0 Å². The lowest BCUT2D eigenvalue weighted by atomic mass is 10.2. The van der Waals surface area contributed by atoms with Crippen LogP contribution >= 0.6 is 0 Å². The molecule has 0 bridgehead atoms. The summed E-state index contributed by atoms with van der Waals surface area (Å²) in [6.45, 7) is 4.21. The van der Waals surface area contributed by atoms with Gasteiger partial charge in [-0.3, -0.25) is 0 Å². The van der Waals surface area contributed by atoms with Crippen molar-refractivity contribution in [2.45, 2.75) is 6.92 Å². The monoisotopic (exact) mass is 306 g/mol. The number of para-hydroxylation sites is 2. The third kappa shape index (κ3) is 2.84. The van der Waals surface area contributed by atoms with Crippen LogP contribution in [0.25, 0.3) is 11.0 Å². The summed E-state index contributed by atoms with van der Waals surface area (Å²) >= 11 is 0. The van der Waals surface area contributed by atoms with E-state index in [0.29, 0.717) is 26.2 Å². The molecule has 21 heavy (non-hydrogen) atoms. The highest BCUT2D eigenvalue weighted by Crippen LogP contribution is 2.21. The molecule has 1 aromatic carbocycles. The van der Waals surface area contributed by atoms with Crippen LogP contribution in [-0.4, -0.2) is 55.1 Å². The Hall–Kier alpha value is -1.73. The first-order valence-corrected chi connectivity index (χ1v) is 8.73. The fourth-order valence-corrected chi connectivity index (χ4v) is 3.44. The normalized spacial score (nSPS) is 17.3. The van der Waals surface area contributed by atoms with Crippen molar-refractivity contribution in [3.05, 3.63) is 30.0 Å². The molecular weight excluding hydrogens is 288 g/mol. The van der Waals surface area contributed by atoms with Crippen molar-refractivity contribution >= 4 is 26.9 Å². The van der Waals surface area contributed by atoms with Gasteiger partial charge in [0, 0.05) is 26.2 Å². The molecule has 1 saturated heterocycles. The predicted octanol–water partition coefficient (Wildman–Crippen LogP) is 1.02. The largest absolute Gasteiger partial charge is 0.352 e. The van der Waals surface area contributed by atoms with E-state index in [1.54, 1.807) is 0 Å². The minimum absolute atomic E-state index is 0.493. The van der Waals surface area contributed by atoms with Crippen molar-refractivity contribution in [2.24, 2.45) is 0 Å². The Labute approximate surface area is 124 Å². The summed E-state index contributed by atoms with van der Waals surface area (Å²) in [6.07, 6.45) is 1.25. The molecule has 1 aliphatic heterocycles. The second-order valence-corrected chi connectivity index (χ2v) is 7.25. The minimum atomic E-state index is -3.11. The van der Waals surface area contributed by atoms with Gasteiger partial charge in [0.1, 0.15) is 0 Å². The molecule has 3 rings (SSSR count). The SMILES string of the molecule is Cc1nc2ccccc2nc1N1CCN(S(C)(=O)=O)CC1. The molecule has 1 aliphatic rings. The lowest BCUT2D eigenvalue weighted by Gasteiger charge is -2.34. The van der Waals surface area contributed by atoms with Crippen molar-refractivity contribution in [3.63, 3.8) is 0 Å². The maximum atomic E-state index is 11.6. The van der Waals surface area contributed by atoms with Crippen LogP contribution in [0.3, 0.4) is 0 Å². The lowest BCUT2D eigenvalue weighted by Crippen LogP contribution is -2.48. The molecule has 0 N–H and O–H groups in total. The van der Waals surface area contributed by atoms with Crippen molar-refractivity contribution in [3.8, 4) is 0 Å². The topological polar surface area (TPSA) is 66.4 Å². The molecule has 7 heteroatoms. The fraction of sp³-hybridized carbons (Fsp3) is 0.429. The van der Waals surface area contributed by atoms with Gasteiger partial charge < -0.3 is 4.90 Å². The highest BCUT2D eigenvalue weighted by molar-refractivity contribution is 7.88. The Bertz CT molecular complexity index is 768. The van der Waals surface area contributed by atoms with Crippen molar-refractivity contribution in [2.75, 3.05) is 37.3 Å². The van der Waals surface area contributed by atoms with Gasteiger partial charge in [0.15, 0.2) is 5.82 Å². The quantitative estimate of drug-likeness (QED) is 0.829. The molecule has 0 atom stereocenters. The van der Waals surface area contributed by atoms with E-state index >= 15 is 0 Å². The highest BCUT2D eigenvalue weighted by Gasteiger charge is 2.25. The zero-order valence-electron chi connectivity index (χ0n) is 12.2. The van der Waals surface area contributed by atoms with Crippen LogP contribution in [0.2, 0.25) is 0 Å². The number of hydrogen-bond acceptors (Lipinski definition) is 5. The molecule has 0 saturated carbocycles. The molecule has 112 valence electrons. The fourth-order valence-electron chi connectivity index (χ4n) is 2.61. The molecule has 0 aliphatic carbocycles. The van der Waals surface area contributed by atoms with E-state index < -0.39 is 10.0 Å². The Morgan fingerprint density at radius 3 is 2.14 bits per heavy atom. The van der Waals surface area contributed by atoms with Gasteiger partial charge in [-0.2, -0.15) is 4.31 Å². The van der Waals surface area contributed by atoms with Crippen molar-refractivity contribution in [1.29, 1.82) is 0 Å². The molecule has 6 nitrogen and oxygen atoms in total. The van der Waals surface area contributed by atoms with E-state index in [4.69, 9.17) is 0 Å². The van der Waals surface area contributed by atoms with Crippen LogP contribution < -0.4 is 4.90 Å². The molecule has 0 radical (unpaired) electrons. The van der Waals surface area contributed by atoms with Gasteiger partial charge in [-0.05, 0) is 19.1 Å². The summed E-state index contributed by atoms with van der Waals surface area (Å²) in [5.41, 5.74) is 2.62. The van der Waals surface area contributed by atoms with Crippen molar-refractivity contribution in [1.82, 2.24) is 14.3 Å². The predicted molar refractivity (Wildman–Crippen MR) is 82.9 cm³/mol. The summed E-state index contributed by atoms with van der Waals surface area (Å²) in [7, 11) is -3.11. The van der Waals surface area contributed by atoms with Crippen LogP contribution in [0.15, 0.2) is 24.3 Å². The van der Waals surface area contributed by atoms with Gasteiger partial charge in [0.05, 0.1) is 23.0 Å². The highest BCUT2D eigenvalue weighted by atomic mass is 32.2. The first kappa shape index (κ1) is 14.2. The average Bonchev–Trinajstić information content (AvgIpc) is 2.46. The number of hydrogen-bond donors (Lipinski definition) is 0. The summed E-state index contributed by atoms with van der Waals surface area (Å²) in [6, 6.07) is 7.78. The van der Waals surface area contributed by atoms with Crippen LogP contribution in [0.5, 0.6) is 0 Å². The van der Waals surface area contributed by atoms with E-state index in [0.717, 1.165) is 22.5 Å². The summed E-state index contributed by atoms with van der Waals surface area (Å²) < 4.78 is 24.6. The Balaban J connectivity index is 1.87. The maximum Gasteiger partial charge on any atom is 0.211 e. The number of fused-ring (bicyclic) bond motifs is 1. The van der Waals surface area contributed by atoms with Gasteiger partial charge >= 0.3 is 0 Å². The van der Waals surface area contributed by atoms with Crippen LogP contribution in [-0.2, 0) is 10.0 Å². The number of aryl methyl sites for hydroxylation is 1. The number of piperazine rings is 1. The number of aromatic nitrogens is 2. The zero-order valence-corrected chi connectivity index (χ0v) is 13.0. The molecule has 2 aromatic rings. The number of benzene rings is 1. The minimum Gasteiger partial charge on any atom is -0.352 e. The van der Waals surface area contributed by atoms with Gasteiger partial charge in [0.2, 0.25) is 10.0 Å². The standard InChI is InChI=1S/C14H18N4O2S/c1-11-14(16-13-6-4-3-5-12(13)15-11)17-7-9-18(10-8-17)21(2,19)20/h3-6H,7-10H2,1-2H3. The molecule has 1 fully saturated rings. The van der Waals surface area contributed by atoms with Gasteiger partial charge in [-0.1, -0.05) is 12.1 Å². The lowest BCUT2D eigenvalue weighted by molar-refractivity contribution is 0.386. The number of rotatable bonds is 2. The Morgan fingerprint density at radius 2 is 1.57 bits per heavy atom. The molecule has 0 spiro atoms. The second-order valence-electron chi connectivity index (χ2n) is 5.27. The number of anilines is 1. The van der Waals surface area contributed by atoms with Crippen LogP contribution in [0.1, 0.15) is 5.69 Å². The van der Waals surface area contributed by atoms with E-state index in [1.165, 1.54) is 10.6 Å². The summed E-state index contributed by atoms with van der Waals surface area (Å²) in [4.78, 5) is 11.4. The third-order valence-electron chi connectivity index (χ3n) is 3.73. The van der Waals surface area contributed by atoms with Gasteiger partial charge in [-0.25, -0.2) is 18.4 Å². The van der Waals surface area contributed by atoms with Gasteiger partial charge in [-0.15, -0.1) is 0 Å². The summed E-state index contributed by atoms with van der Waals surface area (Å²) in [5, 5.41) is 0. The van der Waals surface area contributed by atoms with Crippen LogP contribution in [0, 0.1) is 6.92 Å². The van der Waals surface area contributed by atoms with E-state index in [-0.39, 0.29) is 0 Å². The molecular formula is C14H18N4O2S. The first-order chi connectivity index (χ1) is 9.95. The second kappa shape index (κ2) is 5.23. The summed E-state index contributed by atoms with van der Waals surface area (Å²) in [5.74, 6) is 0.849. The van der Waals surface area contributed by atoms with E-state index in [9.17, 15) is 8.42 Å². The number of sulfonamides is 1. The molecule has 0 amide bonds. The average molecular weight is 306 g/mol. The molecule has 1 aromatic heterocycles. The molecule has 2 heterocycles. The van der Waals surface area contributed by atoms with E-state index in [2.05, 4.69) is 14.9 Å². The third-order valence-corrected chi connectivity index (χ3v) is 5.03. The first-order valence-electron chi connectivity index (χ1n) is 6.88. The number of nitrogens with zero attached hydrogens (tertiary/aromatic N) is 4.